The molecule has 5 heteroatoms. The van der Waals surface area contributed by atoms with E-state index in [9.17, 15) is 0 Å². The molecule has 0 spiro atoms. The van der Waals surface area contributed by atoms with Gasteiger partial charge in [-0.2, -0.15) is 0 Å². The molecule has 0 saturated heterocycles. The lowest BCUT2D eigenvalue weighted by atomic mass is 10.3. The van der Waals surface area contributed by atoms with Gasteiger partial charge in [0, 0.05) is 5.02 Å². The lowest BCUT2D eigenvalue weighted by Crippen LogP contribution is -2.02. The molecule has 96 valence electrons. The highest BCUT2D eigenvalue weighted by molar-refractivity contribution is 9.10. The van der Waals surface area contributed by atoms with Crippen molar-refractivity contribution < 1.29 is 9.15 Å². The van der Waals surface area contributed by atoms with Crippen molar-refractivity contribution in [2.24, 2.45) is 0 Å². The summed E-state index contributed by atoms with van der Waals surface area (Å²) in [5, 5.41) is 3.92. The van der Waals surface area contributed by atoms with E-state index in [0.717, 1.165) is 21.7 Å². The van der Waals surface area contributed by atoms with Crippen molar-refractivity contribution in [2.45, 2.75) is 13.5 Å². The molecule has 0 fully saturated rings. The van der Waals surface area contributed by atoms with Crippen LogP contribution in [-0.4, -0.2) is 6.61 Å². The second-order valence-corrected chi connectivity index (χ2v) is 4.91. The Balaban J connectivity index is 2.12. The van der Waals surface area contributed by atoms with Gasteiger partial charge in [0.15, 0.2) is 0 Å². The molecule has 0 amide bonds. The van der Waals surface area contributed by atoms with Crippen molar-refractivity contribution >= 4 is 33.2 Å². The van der Waals surface area contributed by atoms with Crippen LogP contribution in [0.2, 0.25) is 5.02 Å². The molecule has 0 aliphatic heterocycles. The summed E-state index contributed by atoms with van der Waals surface area (Å²) in [4.78, 5) is 0. The molecular weight excluding hydrogens is 318 g/mol. The highest BCUT2D eigenvalue weighted by atomic mass is 79.9. The third-order valence-electron chi connectivity index (χ3n) is 2.37. The van der Waals surface area contributed by atoms with Crippen molar-refractivity contribution in [3.8, 4) is 5.75 Å². The molecule has 1 aromatic heterocycles. The summed E-state index contributed by atoms with van der Waals surface area (Å²) in [7, 11) is 0. The molecule has 1 N–H and O–H groups in total. The molecule has 1 heterocycles. The molecule has 0 radical (unpaired) electrons. The quantitative estimate of drug-likeness (QED) is 0.862. The van der Waals surface area contributed by atoms with Gasteiger partial charge in [0.2, 0.25) is 0 Å². The molecule has 3 nitrogen and oxygen atoms in total. The molecule has 2 rings (SSSR count). The SMILES string of the molecule is CCOc1ccc(Cl)cc1NCc1occc1Br. The van der Waals surface area contributed by atoms with Crippen LogP contribution in [0.5, 0.6) is 5.75 Å². The zero-order valence-electron chi connectivity index (χ0n) is 9.87. The number of benzene rings is 1. The first-order valence-electron chi connectivity index (χ1n) is 5.58. The van der Waals surface area contributed by atoms with E-state index in [1.54, 1.807) is 12.3 Å². The van der Waals surface area contributed by atoms with Gasteiger partial charge in [-0.25, -0.2) is 0 Å². The normalized spacial score (nSPS) is 10.4. The van der Waals surface area contributed by atoms with Crippen molar-refractivity contribution in [2.75, 3.05) is 11.9 Å². The zero-order valence-corrected chi connectivity index (χ0v) is 12.2. The van der Waals surface area contributed by atoms with E-state index in [0.29, 0.717) is 18.2 Å². The van der Waals surface area contributed by atoms with E-state index in [2.05, 4.69) is 21.2 Å². The first-order chi connectivity index (χ1) is 8.70. The first kappa shape index (κ1) is 13.3. The van der Waals surface area contributed by atoms with Crippen LogP contribution < -0.4 is 10.1 Å². The number of halogens is 2. The van der Waals surface area contributed by atoms with Gasteiger partial charge in [0.05, 0.1) is 29.6 Å². The maximum Gasteiger partial charge on any atom is 0.142 e. The third kappa shape index (κ3) is 3.21. The largest absolute Gasteiger partial charge is 0.492 e. The molecule has 1 aromatic carbocycles. The Morgan fingerprint density at radius 2 is 2.22 bits per heavy atom. The number of anilines is 1. The Morgan fingerprint density at radius 3 is 2.89 bits per heavy atom. The Hall–Kier alpha value is -1.13. The van der Waals surface area contributed by atoms with Crippen LogP contribution in [0, 0.1) is 0 Å². The predicted molar refractivity (Wildman–Crippen MR) is 76.4 cm³/mol. The minimum Gasteiger partial charge on any atom is -0.492 e. The zero-order chi connectivity index (χ0) is 13.0. The lowest BCUT2D eigenvalue weighted by molar-refractivity contribution is 0.341. The number of furan rings is 1. The van der Waals surface area contributed by atoms with Crippen molar-refractivity contribution in [3.05, 3.63) is 45.8 Å². The number of hydrogen-bond donors (Lipinski definition) is 1. The van der Waals surface area contributed by atoms with Gasteiger partial charge in [0.25, 0.3) is 0 Å². The van der Waals surface area contributed by atoms with Crippen molar-refractivity contribution in [1.82, 2.24) is 0 Å². The van der Waals surface area contributed by atoms with E-state index in [1.165, 1.54) is 0 Å². The number of rotatable bonds is 5. The monoisotopic (exact) mass is 329 g/mol. The summed E-state index contributed by atoms with van der Waals surface area (Å²) in [6.07, 6.45) is 1.64. The van der Waals surface area contributed by atoms with Gasteiger partial charge in [0.1, 0.15) is 11.5 Å². The fourth-order valence-electron chi connectivity index (χ4n) is 1.55. The van der Waals surface area contributed by atoms with Gasteiger partial charge in [-0.3, -0.25) is 0 Å². The van der Waals surface area contributed by atoms with Crippen LogP contribution in [-0.2, 0) is 6.54 Å². The summed E-state index contributed by atoms with van der Waals surface area (Å²) in [5.74, 6) is 1.61. The van der Waals surface area contributed by atoms with Crippen LogP contribution in [0.1, 0.15) is 12.7 Å². The minimum absolute atomic E-state index is 0.563. The van der Waals surface area contributed by atoms with Gasteiger partial charge >= 0.3 is 0 Å². The highest BCUT2D eigenvalue weighted by Crippen LogP contribution is 2.29. The molecular formula is C13H13BrClNO2. The Kier molecular flexibility index (Phi) is 4.55. The van der Waals surface area contributed by atoms with E-state index in [-0.39, 0.29) is 0 Å². The Labute approximate surface area is 119 Å². The maximum atomic E-state index is 5.98. The van der Waals surface area contributed by atoms with E-state index in [4.69, 9.17) is 20.8 Å². The topological polar surface area (TPSA) is 34.4 Å². The van der Waals surface area contributed by atoms with Gasteiger partial charge in [-0.05, 0) is 47.1 Å². The van der Waals surface area contributed by atoms with Crippen LogP contribution in [0.4, 0.5) is 5.69 Å². The number of ether oxygens (including phenoxy) is 1. The summed E-state index contributed by atoms with van der Waals surface area (Å²) in [6, 6.07) is 7.35. The van der Waals surface area contributed by atoms with Gasteiger partial charge in [-0.15, -0.1) is 0 Å². The Bertz CT molecular complexity index is 527. The number of nitrogens with one attached hydrogen (secondary N) is 1. The summed E-state index contributed by atoms with van der Waals surface area (Å²) in [6.45, 7) is 3.12. The molecule has 2 aromatic rings. The minimum atomic E-state index is 0.563. The fourth-order valence-corrected chi connectivity index (χ4v) is 2.06. The van der Waals surface area contributed by atoms with Crippen LogP contribution >= 0.6 is 27.5 Å². The van der Waals surface area contributed by atoms with Gasteiger partial charge in [-0.1, -0.05) is 11.6 Å². The molecule has 18 heavy (non-hydrogen) atoms. The second-order valence-electron chi connectivity index (χ2n) is 3.62. The van der Waals surface area contributed by atoms with Gasteiger partial charge < -0.3 is 14.5 Å². The van der Waals surface area contributed by atoms with E-state index in [1.807, 2.05) is 25.1 Å². The van der Waals surface area contributed by atoms with Crippen LogP contribution in [0.3, 0.4) is 0 Å². The molecule has 0 saturated carbocycles. The predicted octanol–water partition coefficient (Wildman–Crippen LogP) is 4.71. The van der Waals surface area contributed by atoms with Crippen molar-refractivity contribution in [3.63, 3.8) is 0 Å². The molecule has 0 aliphatic rings. The average Bonchev–Trinajstić information content (AvgIpc) is 2.75. The number of hydrogen-bond acceptors (Lipinski definition) is 3. The first-order valence-corrected chi connectivity index (χ1v) is 6.76. The average molecular weight is 331 g/mol. The van der Waals surface area contributed by atoms with E-state index >= 15 is 0 Å². The van der Waals surface area contributed by atoms with Crippen molar-refractivity contribution in [1.29, 1.82) is 0 Å². The molecule has 0 bridgehead atoms. The van der Waals surface area contributed by atoms with E-state index < -0.39 is 0 Å². The Morgan fingerprint density at radius 1 is 1.39 bits per heavy atom. The maximum absolute atomic E-state index is 5.98. The van der Waals surface area contributed by atoms with Crippen LogP contribution in [0.25, 0.3) is 0 Å². The molecule has 0 aliphatic carbocycles. The summed E-state index contributed by atoms with van der Waals surface area (Å²) < 4.78 is 11.8. The third-order valence-corrected chi connectivity index (χ3v) is 3.31. The van der Waals surface area contributed by atoms with Crippen LogP contribution in [0.15, 0.2) is 39.4 Å². The summed E-state index contributed by atoms with van der Waals surface area (Å²) in [5.41, 5.74) is 0.854. The molecule has 0 atom stereocenters. The second kappa shape index (κ2) is 6.16. The smallest absolute Gasteiger partial charge is 0.142 e. The highest BCUT2D eigenvalue weighted by Gasteiger charge is 2.07. The summed E-state index contributed by atoms with van der Waals surface area (Å²) >= 11 is 9.39. The lowest BCUT2D eigenvalue weighted by Gasteiger charge is -2.12. The standard InChI is InChI=1S/C13H13BrClNO2/c1-2-17-12-4-3-9(15)7-11(12)16-8-13-10(14)5-6-18-13/h3-7,16H,2,8H2,1H3. The fraction of sp³-hybridized carbons (Fsp3) is 0.231. The molecule has 0 unspecified atom stereocenters.